The Morgan fingerprint density at radius 3 is 2.10 bits per heavy atom. The number of halogens is 11. The topological polar surface area (TPSA) is 196 Å². The largest absolute Gasteiger partial charge is 0.444 e. The first-order valence-corrected chi connectivity index (χ1v) is 27.2. The fourth-order valence-corrected chi connectivity index (χ4v) is 10.5. The lowest BCUT2D eigenvalue weighted by atomic mass is 9.93. The molecule has 2 fully saturated rings. The number of nitrogens with one attached hydrogen (secondary N) is 1. The van der Waals surface area contributed by atoms with Gasteiger partial charge in [0.1, 0.15) is 46.5 Å². The van der Waals surface area contributed by atoms with Crippen LogP contribution in [-0.2, 0) is 65.8 Å². The van der Waals surface area contributed by atoms with Gasteiger partial charge >= 0.3 is 18.4 Å². The fraction of sp³-hybridized carbons (Fsp3) is 0.458. The lowest BCUT2D eigenvalue weighted by Gasteiger charge is -2.40. The first-order chi connectivity index (χ1) is 35.3. The summed E-state index contributed by atoms with van der Waals surface area (Å²) in [6.07, 6.45) is -10.8. The monoisotopic (exact) mass is 1150 g/mol. The number of hydrogen-bond donors (Lipinski definition) is 1. The van der Waals surface area contributed by atoms with Crippen LogP contribution in [0.4, 0.5) is 54.5 Å². The van der Waals surface area contributed by atoms with E-state index < -0.39 is 166 Å². The second kappa shape index (κ2) is 19.2. The van der Waals surface area contributed by atoms with Gasteiger partial charge in [-0.3, -0.25) is 19.0 Å². The molecule has 414 valence electrons. The van der Waals surface area contributed by atoms with Gasteiger partial charge in [0.25, 0.3) is 5.92 Å². The number of sulfone groups is 1. The van der Waals surface area contributed by atoms with Crippen LogP contribution in [0.2, 0.25) is 5.02 Å². The van der Waals surface area contributed by atoms with E-state index in [-0.39, 0.29) is 55.6 Å². The van der Waals surface area contributed by atoms with Crippen LogP contribution >= 0.6 is 11.6 Å². The molecule has 0 radical (unpaired) electrons. The van der Waals surface area contributed by atoms with Gasteiger partial charge in [-0.1, -0.05) is 23.6 Å². The van der Waals surface area contributed by atoms with Gasteiger partial charge in [-0.25, -0.2) is 35.4 Å². The highest BCUT2D eigenvalue weighted by atomic mass is 35.5. The average molecular weight is 1150 g/mol. The summed E-state index contributed by atoms with van der Waals surface area (Å²) in [4.78, 5) is 46.8. The van der Waals surface area contributed by atoms with Gasteiger partial charge in [-0.2, -0.15) is 49.6 Å². The molecular weight excluding hydrogens is 1110 g/mol. The zero-order valence-corrected chi connectivity index (χ0v) is 43.9. The molecule has 77 heavy (non-hydrogen) atoms. The Labute approximate surface area is 438 Å². The number of anilines is 1. The Hall–Kier alpha value is -6.47. The maximum Gasteiger partial charge on any atom is 0.435 e. The van der Waals surface area contributed by atoms with Crippen molar-refractivity contribution in [3.63, 3.8) is 0 Å². The van der Waals surface area contributed by atoms with E-state index in [4.69, 9.17) is 16.3 Å². The van der Waals surface area contributed by atoms with Crippen molar-refractivity contribution in [2.75, 3.05) is 29.9 Å². The molecule has 3 aromatic heterocycles. The zero-order valence-electron chi connectivity index (χ0n) is 41.5. The third-order valence-electron chi connectivity index (χ3n) is 12.9. The summed E-state index contributed by atoms with van der Waals surface area (Å²) in [6, 6.07) is 4.77. The van der Waals surface area contributed by atoms with Crippen LogP contribution < -0.4 is 9.62 Å². The number of fused-ring (bicyclic) bond motifs is 4. The van der Waals surface area contributed by atoms with Crippen molar-refractivity contribution in [1.82, 2.24) is 34.8 Å². The number of rotatable bonds is 12. The van der Waals surface area contributed by atoms with Gasteiger partial charge in [-0.15, -0.1) is 0 Å². The van der Waals surface area contributed by atoms with Crippen molar-refractivity contribution < 1.29 is 79.9 Å². The van der Waals surface area contributed by atoms with Gasteiger partial charge < -0.3 is 15.0 Å². The van der Waals surface area contributed by atoms with Crippen molar-refractivity contribution in [1.29, 1.82) is 0 Å². The molecule has 0 bridgehead atoms. The summed E-state index contributed by atoms with van der Waals surface area (Å²) in [6.45, 7) is 3.12. The fourth-order valence-electron chi connectivity index (χ4n) is 9.10. The second-order valence-corrected chi connectivity index (χ2v) is 25.3. The maximum absolute atomic E-state index is 15.6. The summed E-state index contributed by atoms with van der Waals surface area (Å²) in [5, 5.41) is 8.76. The van der Waals surface area contributed by atoms with Crippen molar-refractivity contribution in [2.24, 2.45) is 11.8 Å². The summed E-state index contributed by atoms with van der Waals surface area (Å²) in [7, 11) is -8.76. The van der Waals surface area contributed by atoms with Crippen molar-refractivity contribution >= 4 is 66.1 Å². The molecule has 0 spiro atoms. The molecule has 8 rings (SSSR count). The first kappa shape index (κ1) is 56.7. The number of alkyl halides is 8. The van der Waals surface area contributed by atoms with Crippen LogP contribution in [0.25, 0.3) is 22.0 Å². The summed E-state index contributed by atoms with van der Waals surface area (Å²) < 4.78 is 205. The number of aromatic nitrogens is 5. The molecule has 2 aliphatic carbocycles. The van der Waals surface area contributed by atoms with Crippen molar-refractivity contribution in [3.05, 3.63) is 93.0 Å². The smallest absolute Gasteiger partial charge is 0.435 e. The number of ether oxygens (including phenoxy) is 1. The molecule has 3 aliphatic rings. The molecule has 1 unspecified atom stereocenters. The van der Waals surface area contributed by atoms with Crippen LogP contribution in [0.5, 0.6) is 0 Å². The predicted molar refractivity (Wildman–Crippen MR) is 256 cm³/mol. The number of nitrogens with zero attached hydrogens (tertiary/aromatic N) is 7. The van der Waals surface area contributed by atoms with Gasteiger partial charge in [0.15, 0.2) is 21.3 Å². The lowest BCUT2D eigenvalue weighted by molar-refractivity contribution is -0.143. The minimum atomic E-state index is -5.23. The van der Waals surface area contributed by atoms with Crippen LogP contribution in [0.3, 0.4) is 0 Å². The molecule has 16 nitrogen and oxygen atoms in total. The van der Waals surface area contributed by atoms with E-state index in [0.29, 0.717) is 12.3 Å². The van der Waals surface area contributed by atoms with Crippen LogP contribution in [-0.4, -0.2) is 106 Å². The normalized spacial score (nSPS) is 18.0. The lowest BCUT2D eigenvalue weighted by Crippen LogP contribution is -2.58. The van der Waals surface area contributed by atoms with Gasteiger partial charge in [0, 0.05) is 48.0 Å². The summed E-state index contributed by atoms with van der Waals surface area (Å²) in [5.74, 6) is -8.53. The van der Waals surface area contributed by atoms with E-state index in [1.165, 1.54) is 13.8 Å². The number of carbonyl (C=O) groups is 3. The van der Waals surface area contributed by atoms with E-state index in [1.807, 2.05) is 0 Å². The third kappa shape index (κ3) is 11.4. The highest BCUT2D eigenvalue weighted by Crippen LogP contribution is 2.68. The summed E-state index contributed by atoms with van der Waals surface area (Å²) in [5.41, 5.74) is -6.90. The molecule has 2 aromatic carbocycles. The number of likely N-dealkylation sites (tertiary alicyclic amines) is 1. The summed E-state index contributed by atoms with van der Waals surface area (Å²) >= 11 is 6.71. The molecule has 1 saturated carbocycles. The SMILES string of the molecule is CC(C)(C)OC(=O)N1CC(C(=O)N(c2nn(CC(F)(F)F)c3c(-c4ccc(C#CC(C)(C)S(C)(=O)=O)nc4C(Cc4cc(F)cc(F)c4)NC(=O)Cn4nc(C(F)(F)F)c5c4C(F)(F)[C@@H]4C[C@H]54)ccc(Cl)c23)S(C)(=O)=O)C1. The Bertz CT molecular complexity index is 3560. The second-order valence-electron chi connectivity index (χ2n) is 20.5. The number of sulfonamides is 1. The molecule has 3 amide bonds. The third-order valence-corrected chi connectivity index (χ3v) is 16.2. The number of carbonyl (C=O) groups excluding carboxylic acids is 3. The number of amides is 3. The highest BCUT2D eigenvalue weighted by molar-refractivity contribution is 7.93. The molecule has 4 heterocycles. The van der Waals surface area contributed by atoms with E-state index in [1.54, 1.807) is 20.8 Å². The Morgan fingerprint density at radius 1 is 0.909 bits per heavy atom. The minimum absolute atomic E-state index is 0.126. The Kier molecular flexibility index (Phi) is 14.1. The van der Waals surface area contributed by atoms with Crippen LogP contribution in [0, 0.1) is 35.3 Å². The van der Waals surface area contributed by atoms with Gasteiger partial charge in [0.2, 0.25) is 21.8 Å². The zero-order chi connectivity index (χ0) is 57.1. The van der Waals surface area contributed by atoms with Crippen molar-refractivity contribution in [3.8, 4) is 23.0 Å². The van der Waals surface area contributed by atoms with Crippen LogP contribution in [0.1, 0.15) is 86.9 Å². The number of hydrogen-bond acceptors (Lipinski definition) is 11. The quantitative estimate of drug-likeness (QED) is 0.0930. The molecule has 3 atom stereocenters. The van der Waals surface area contributed by atoms with E-state index >= 15 is 8.78 Å². The Balaban J connectivity index is 1.33. The molecule has 29 heteroatoms. The molecule has 1 aliphatic heterocycles. The molecule has 1 N–H and O–H groups in total. The number of benzene rings is 2. The molecular formula is C48H45ClF10N8O8S2. The molecule has 5 aromatic rings. The maximum atomic E-state index is 15.6. The first-order valence-electron chi connectivity index (χ1n) is 23.1. The van der Waals surface area contributed by atoms with E-state index in [2.05, 4.69) is 32.3 Å². The predicted octanol–water partition coefficient (Wildman–Crippen LogP) is 8.45. The van der Waals surface area contributed by atoms with Crippen molar-refractivity contribution in [2.45, 2.75) is 101 Å². The average Bonchev–Trinajstić information content (AvgIpc) is 3.75. The minimum Gasteiger partial charge on any atom is -0.444 e. The van der Waals surface area contributed by atoms with E-state index in [9.17, 15) is 66.3 Å². The number of pyridine rings is 1. The van der Waals surface area contributed by atoms with Gasteiger partial charge in [0.05, 0.1) is 39.8 Å². The van der Waals surface area contributed by atoms with Crippen LogP contribution in [0.15, 0.2) is 42.5 Å². The standard InChI is InChI=1S/C48H45ClF10N8O8S2/c1-44(2,3)75-43(70)64-19-24(20-64)42(69)67(77(7,73)74)41-36-32(49)11-10-29(38(36)66(63-41)22-46(52,53)54)28-9-8-27(12-13-45(4,5)76(6,71)72)60-37(28)33(16-23-14-25(50)17-26(51)15-23)61-34(68)21-65-40-35(39(62-65)48(57,58)59)30-18-31(30)47(40,55)56/h8-11,14-15,17,24,30-31,33H,16,18-22H2,1-7H3,(H,61,68)/t30-,31+,33?/m0/s1. The molecule has 1 saturated heterocycles. The van der Waals surface area contributed by atoms with Gasteiger partial charge in [-0.05, 0) is 95.2 Å². The highest BCUT2D eigenvalue weighted by Gasteiger charge is 2.68. The van der Waals surface area contributed by atoms with E-state index in [0.717, 1.165) is 47.6 Å². The Morgan fingerprint density at radius 2 is 1.53 bits per heavy atom.